The highest BCUT2D eigenvalue weighted by Gasteiger charge is 2.25. The van der Waals surface area contributed by atoms with Crippen LogP contribution in [0.15, 0.2) is 36.7 Å². The number of allylic oxidation sites excluding steroid dienone is 1. The quantitative estimate of drug-likeness (QED) is 0.399. The third-order valence-corrected chi connectivity index (χ3v) is 7.62. The van der Waals surface area contributed by atoms with Crippen molar-refractivity contribution in [3.8, 4) is 0 Å². The molecule has 0 nitrogen and oxygen atoms in total. The zero-order valence-electron chi connectivity index (χ0n) is 18.1. The van der Waals surface area contributed by atoms with E-state index in [9.17, 15) is 4.39 Å². The number of aryl methyl sites for hydroxylation is 1. The van der Waals surface area contributed by atoms with Gasteiger partial charge in [-0.1, -0.05) is 69.4 Å². The van der Waals surface area contributed by atoms with E-state index in [2.05, 4.69) is 31.2 Å². The first kappa shape index (κ1) is 21.6. The molecule has 0 N–H and O–H groups in total. The third-order valence-electron chi connectivity index (χ3n) is 7.62. The Balaban J connectivity index is 1.33. The number of hydrogen-bond acceptors (Lipinski definition) is 0. The first-order valence-corrected chi connectivity index (χ1v) is 12.1. The first-order chi connectivity index (χ1) is 13.8. The summed E-state index contributed by atoms with van der Waals surface area (Å²) in [6.07, 6.45) is 21.1. The molecule has 0 radical (unpaired) electrons. The fraction of sp³-hybridized carbons (Fsp3) is 0.704. The maximum atomic E-state index is 12.2. The molecule has 0 amide bonds. The molecular formula is C27H41F. The Morgan fingerprint density at radius 2 is 1.39 bits per heavy atom. The van der Waals surface area contributed by atoms with Gasteiger partial charge in [-0.05, 0) is 92.6 Å². The van der Waals surface area contributed by atoms with Crippen molar-refractivity contribution < 1.29 is 4.39 Å². The van der Waals surface area contributed by atoms with Crippen molar-refractivity contribution in [3.63, 3.8) is 0 Å². The van der Waals surface area contributed by atoms with Gasteiger partial charge in [0.15, 0.2) is 0 Å². The van der Waals surface area contributed by atoms with Gasteiger partial charge in [0.25, 0.3) is 0 Å². The summed E-state index contributed by atoms with van der Waals surface area (Å²) in [6.45, 7) is 2.27. The molecule has 3 rings (SSSR count). The third kappa shape index (κ3) is 6.75. The van der Waals surface area contributed by atoms with E-state index in [1.807, 2.05) is 0 Å². The van der Waals surface area contributed by atoms with Crippen LogP contribution in [0, 0.1) is 17.8 Å². The molecule has 28 heavy (non-hydrogen) atoms. The Bertz CT molecular complexity index is 556. The van der Waals surface area contributed by atoms with Gasteiger partial charge in [-0.15, -0.1) is 0 Å². The molecule has 0 aromatic heterocycles. The van der Waals surface area contributed by atoms with Crippen LogP contribution in [0.3, 0.4) is 0 Å². The second-order valence-corrected chi connectivity index (χ2v) is 9.62. The molecule has 0 bridgehead atoms. The van der Waals surface area contributed by atoms with E-state index in [1.54, 1.807) is 11.6 Å². The van der Waals surface area contributed by atoms with Crippen LogP contribution in [-0.2, 0) is 6.42 Å². The van der Waals surface area contributed by atoms with Crippen molar-refractivity contribution in [3.05, 3.63) is 47.8 Å². The molecule has 0 unspecified atom stereocenters. The van der Waals surface area contributed by atoms with Crippen molar-refractivity contribution in [2.75, 3.05) is 0 Å². The van der Waals surface area contributed by atoms with E-state index < -0.39 is 0 Å². The van der Waals surface area contributed by atoms with Crippen molar-refractivity contribution >= 4 is 0 Å². The Morgan fingerprint density at radius 3 is 1.96 bits per heavy atom. The average Bonchev–Trinajstić information content (AvgIpc) is 2.76. The van der Waals surface area contributed by atoms with Crippen LogP contribution in [0.1, 0.15) is 107 Å². The van der Waals surface area contributed by atoms with Gasteiger partial charge in [-0.2, -0.15) is 0 Å². The molecule has 1 aromatic rings. The second-order valence-electron chi connectivity index (χ2n) is 9.62. The average molecular weight is 385 g/mol. The molecular weight excluding hydrogens is 343 g/mol. The van der Waals surface area contributed by atoms with Gasteiger partial charge in [0.05, 0.1) is 6.33 Å². The molecule has 1 heteroatoms. The summed E-state index contributed by atoms with van der Waals surface area (Å²) in [5.41, 5.74) is 3.09. The Kier molecular flexibility index (Phi) is 9.09. The van der Waals surface area contributed by atoms with Crippen molar-refractivity contribution in [2.24, 2.45) is 17.8 Å². The van der Waals surface area contributed by atoms with E-state index in [-0.39, 0.29) is 0 Å². The van der Waals surface area contributed by atoms with Gasteiger partial charge in [0.1, 0.15) is 0 Å². The van der Waals surface area contributed by atoms with E-state index in [1.165, 1.54) is 89.0 Å². The van der Waals surface area contributed by atoms with Crippen LogP contribution in [0.5, 0.6) is 0 Å². The lowest BCUT2D eigenvalue weighted by atomic mass is 9.74. The molecule has 2 aliphatic carbocycles. The van der Waals surface area contributed by atoms with Crippen molar-refractivity contribution in [1.82, 2.24) is 0 Å². The summed E-state index contributed by atoms with van der Waals surface area (Å²) in [5, 5.41) is 0. The van der Waals surface area contributed by atoms with Crippen LogP contribution in [0.4, 0.5) is 4.39 Å². The maximum absolute atomic E-state index is 12.2. The summed E-state index contributed by atoms with van der Waals surface area (Å²) < 4.78 is 12.2. The number of benzene rings is 1. The molecule has 0 atom stereocenters. The summed E-state index contributed by atoms with van der Waals surface area (Å²) >= 11 is 0. The SMILES string of the molecule is CCCCc1ccc(C2CCC(CCC3CCC(CC=CF)CC3)CC2)cc1. The first-order valence-electron chi connectivity index (χ1n) is 12.1. The molecule has 0 spiro atoms. The van der Waals surface area contributed by atoms with Crippen molar-refractivity contribution in [2.45, 2.75) is 103 Å². The van der Waals surface area contributed by atoms with Crippen LogP contribution < -0.4 is 0 Å². The Labute approximate surface area is 173 Å². The molecule has 0 heterocycles. The molecule has 2 fully saturated rings. The van der Waals surface area contributed by atoms with E-state index in [0.717, 1.165) is 36.4 Å². The number of rotatable bonds is 9. The molecule has 156 valence electrons. The zero-order valence-corrected chi connectivity index (χ0v) is 18.1. The summed E-state index contributed by atoms with van der Waals surface area (Å²) in [5.74, 6) is 3.45. The molecule has 2 saturated carbocycles. The normalized spacial score (nSPS) is 28.6. The highest BCUT2D eigenvalue weighted by molar-refractivity contribution is 5.26. The monoisotopic (exact) mass is 384 g/mol. The number of halogens is 1. The largest absolute Gasteiger partial charge is 0.216 e. The fourth-order valence-electron chi connectivity index (χ4n) is 5.59. The molecule has 2 aliphatic rings. The van der Waals surface area contributed by atoms with Gasteiger partial charge in [-0.3, -0.25) is 0 Å². The molecule has 1 aromatic carbocycles. The minimum Gasteiger partial charge on any atom is -0.216 e. The highest BCUT2D eigenvalue weighted by Crippen LogP contribution is 2.40. The standard InChI is InChI=1S/C27H41F/c1-2-3-5-22-13-17-26(18-14-22)27-19-15-25(16-20-27)12-11-24-9-7-23(8-10-24)6-4-21-28/h4,13-14,17-18,21,23-25,27H,2-3,5-12,15-16,19-20H2,1H3. The van der Waals surface area contributed by atoms with Crippen LogP contribution in [0.2, 0.25) is 0 Å². The summed E-state index contributed by atoms with van der Waals surface area (Å²) in [6, 6.07) is 9.56. The van der Waals surface area contributed by atoms with Crippen LogP contribution in [0.25, 0.3) is 0 Å². The second kappa shape index (κ2) is 11.8. The number of hydrogen-bond donors (Lipinski definition) is 0. The minimum atomic E-state index is 0.725. The lowest BCUT2D eigenvalue weighted by Crippen LogP contribution is -2.17. The smallest absolute Gasteiger partial charge is 0.0827 e. The minimum absolute atomic E-state index is 0.725. The van der Waals surface area contributed by atoms with E-state index in [0.29, 0.717) is 0 Å². The predicted molar refractivity (Wildman–Crippen MR) is 119 cm³/mol. The Morgan fingerprint density at radius 1 is 0.821 bits per heavy atom. The van der Waals surface area contributed by atoms with Crippen molar-refractivity contribution in [1.29, 1.82) is 0 Å². The topological polar surface area (TPSA) is 0 Å². The van der Waals surface area contributed by atoms with E-state index in [4.69, 9.17) is 0 Å². The van der Waals surface area contributed by atoms with Gasteiger partial charge in [0, 0.05) is 0 Å². The molecule has 0 saturated heterocycles. The lowest BCUT2D eigenvalue weighted by Gasteiger charge is -2.32. The van der Waals surface area contributed by atoms with Gasteiger partial charge in [-0.25, -0.2) is 4.39 Å². The maximum Gasteiger partial charge on any atom is 0.0827 e. The summed E-state index contributed by atoms with van der Waals surface area (Å²) in [7, 11) is 0. The van der Waals surface area contributed by atoms with Crippen LogP contribution in [-0.4, -0.2) is 0 Å². The summed E-state index contributed by atoms with van der Waals surface area (Å²) in [4.78, 5) is 0. The lowest BCUT2D eigenvalue weighted by molar-refractivity contribution is 0.231. The predicted octanol–water partition coefficient (Wildman–Crippen LogP) is 8.76. The van der Waals surface area contributed by atoms with Gasteiger partial charge in [0.2, 0.25) is 0 Å². The molecule has 0 aliphatic heterocycles. The van der Waals surface area contributed by atoms with E-state index >= 15 is 0 Å². The number of unbranched alkanes of at least 4 members (excludes halogenated alkanes) is 1. The van der Waals surface area contributed by atoms with Gasteiger partial charge >= 0.3 is 0 Å². The Hall–Kier alpha value is -1.11. The fourth-order valence-corrected chi connectivity index (χ4v) is 5.59. The zero-order chi connectivity index (χ0) is 19.6. The van der Waals surface area contributed by atoms with Crippen LogP contribution >= 0.6 is 0 Å². The highest BCUT2D eigenvalue weighted by atomic mass is 19.1. The van der Waals surface area contributed by atoms with Gasteiger partial charge < -0.3 is 0 Å².